The van der Waals surface area contributed by atoms with Crippen molar-refractivity contribution in [2.45, 2.75) is 31.4 Å². The molecule has 1 spiro atoms. The van der Waals surface area contributed by atoms with Crippen molar-refractivity contribution in [3.8, 4) is 0 Å². The third kappa shape index (κ3) is 3.97. The number of anilines is 1. The van der Waals surface area contributed by atoms with Crippen LogP contribution in [0.1, 0.15) is 19.8 Å². The fraction of sp³-hybridized carbons (Fsp3) is 0.600. The van der Waals surface area contributed by atoms with E-state index in [0.717, 1.165) is 38.2 Å². The molecule has 1 aromatic rings. The van der Waals surface area contributed by atoms with Crippen LogP contribution in [0.2, 0.25) is 5.02 Å². The molecule has 4 rings (SSSR count). The van der Waals surface area contributed by atoms with Gasteiger partial charge in [0.25, 0.3) is 0 Å². The Balaban J connectivity index is 1.46. The van der Waals surface area contributed by atoms with E-state index in [2.05, 4.69) is 4.90 Å². The zero-order valence-electron chi connectivity index (χ0n) is 16.1. The van der Waals surface area contributed by atoms with Gasteiger partial charge >= 0.3 is 6.09 Å². The minimum Gasteiger partial charge on any atom is -0.437 e. The summed E-state index contributed by atoms with van der Waals surface area (Å²) < 4.78 is 11.7. The Kier molecular flexibility index (Phi) is 5.49. The van der Waals surface area contributed by atoms with Crippen molar-refractivity contribution < 1.29 is 19.1 Å². The summed E-state index contributed by atoms with van der Waals surface area (Å²) in [5.74, 6) is 0.137. The highest BCUT2D eigenvalue weighted by molar-refractivity contribution is 6.30. The van der Waals surface area contributed by atoms with Crippen LogP contribution in [0.5, 0.6) is 0 Å². The maximum atomic E-state index is 12.6. The molecule has 7 nitrogen and oxygen atoms in total. The fourth-order valence-corrected chi connectivity index (χ4v) is 4.52. The molecule has 3 aliphatic heterocycles. The van der Waals surface area contributed by atoms with Gasteiger partial charge in [0, 0.05) is 49.9 Å². The molecule has 152 valence electrons. The van der Waals surface area contributed by atoms with Crippen LogP contribution in [0.25, 0.3) is 0 Å². The van der Waals surface area contributed by atoms with Crippen molar-refractivity contribution >= 4 is 29.3 Å². The highest BCUT2D eigenvalue weighted by Gasteiger charge is 2.49. The highest BCUT2D eigenvalue weighted by Crippen LogP contribution is 2.32. The van der Waals surface area contributed by atoms with Crippen molar-refractivity contribution in [2.75, 3.05) is 50.8 Å². The maximum Gasteiger partial charge on any atom is 0.415 e. The summed E-state index contributed by atoms with van der Waals surface area (Å²) in [5, 5.41) is 0.631. The van der Waals surface area contributed by atoms with Crippen molar-refractivity contribution in [1.82, 2.24) is 9.80 Å². The van der Waals surface area contributed by atoms with Crippen LogP contribution in [0.3, 0.4) is 0 Å². The smallest absolute Gasteiger partial charge is 0.415 e. The summed E-state index contributed by atoms with van der Waals surface area (Å²) in [4.78, 5) is 30.1. The van der Waals surface area contributed by atoms with Crippen LogP contribution < -0.4 is 4.90 Å². The molecule has 3 fully saturated rings. The topological polar surface area (TPSA) is 62.3 Å². The van der Waals surface area contributed by atoms with Crippen LogP contribution in [-0.4, -0.2) is 79.4 Å². The summed E-state index contributed by atoms with van der Waals surface area (Å²) in [6.07, 6.45) is 1.52. The minimum atomic E-state index is -0.676. The van der Waals surface area contributed by atoms with E-state index in [0.29, 0.717) is 37.4 Å². The van der Waals surface area contributed by atoms with Crippen LogP contribution in [0.15, 0.2) is 24.3 Å². The first kappa shape index (κ1) is 19.5. The quantitative estimate of drug-likeness (QED) is 0.753. The number of carbonyl (C=O) groups excluding carboxylic acids is 2. The second-order valence-electron chi connectivity index (χ2n) is 7.87. The molecule has 28 heavy (non-hydrogen) atoms. The van der Waals surface area contributed by atoms with Gasteiger partial charge in [-0.15, -0.1) is 0 Å². The molecule has 3 aliphatic rings. The Morgan fingerprint density at radius 3 is 2.54 bits per heavy atom. The molecule has 0 aromatic heterocycles. The van der Waals surface area contributed by atoms with Crippen LogP contribution in [-0.2, 0) is 14.3 Å². The zero-order chi connectivity index (χ0) is 19.7. The fourth-order valence-electron chi connectivity index (χ4n) is 4.39. The first-order valence-electron chi connectivity index (χ1n) is 9.79. The van der Waals surface area contributed by atoms with Gasteiger partial charge in [-0.2, -0.15) is 0 Å². The van der Waals surface area contributed by atoms with Crippen molar-refractivity contribution in [3.63, 3.8) is 0 Å². The minimum absolute atomic E-state index is 0.137. The van der Waals surface area contributed by atoms with Gasteiger partial charge in [-0.05, 0) is 37.1 Å². The second-order valence-corrected chi connectivity index (χ2v) is 8.31. The molecule has 0 N–H and O–H groups in total. The summed E-state index contributed by atoms with van der Waals surface area (Å²) in [7, 11) is 0. The Bertz CT molecular complexity index is 735. The number of carbonyl (C=O) groups is 2. The number of benzene rings is 1. The third-order valence-electron chi connectivity index (χ3n) is 5.91. The largest absolute Gasteiger partial charge is 0.437 e. The van der Waals surface area contributed by atoms with Crippen LogP contribution in [0, 0.1) is 0 Å². The molecular formula is C20H26ClN3O4. The van der Waals surface area contributed by atoms with Crippen LogP contribution >= 0.6 is 11.6 Å². The monoisotopic (exact) mass is 407 g/mol. The maximum absolute atomic E-state index is 12.6. The van der Waals surface area contributed by atoms with Crippen molar-refractivity contribution in [1.29, 1.82) is 0 Å². The Morgan fingerprint density at radius 2 is 1.86 bits per heavy atom. The van der Waals surface area contributed by atoms with E-state index in [4.69, 9.17) is 21.1 Å². The number of ether oxygens (including phenoxy) is 2. The zero-order valence-corrected chi connectivity index (χ0v) is 16.9. The molecule has 0 bridgehead atoms. The van der Waals surface area contributed by atoms with Crippen molar-refractivity contribution in [2.24, 2.45) is 0 Å². The highest BCUT2D eigenvalue weighted by atomic mass is 35.5. The van der Waals surface area contributed by atoms with E-state index in [-0.39, 0.29) is 12.0 Å². The Labute approximate surface area is 170 Å². The number of halogens is 1. The van der Waals surface area contributed by atoms with E-state index < -0.39 is 5.60 Å². The molecule has 0 radical (unpaired) electrons. The van der Waals surface area contributed by atoms with Gasteiger partial charge in [0.15, 0.2) is 5.60 Å². The summed E-state index contributed by atoms with van der Waals surface area (Å²) in [5.41, 5.74) is 0.0992. The van der Waals surface area contributed by atoms with Crippen molar-refractivity contribution in [3.05, 3.63) is 29.3 Å². The number of nitrogens with zero attached hydrogens (tertiary/aromatic N) is 3. The summed E-state index contributed by atoms with van der Waals surface area (Å²) in [6, 6.07) is 7.57. The van der Waals surface area contributed by atoms with E-state index in [9.17, 15) is 9.59 Å². The lowest BCUT2D eigenvalue weighted by molar-refractivity contribution is -0.130. The molecule has 0 saturated carbocycles. The third-order valence-corrected chi connectivity index (χ3v) is 6.17. The Morgan fingerprint density at radius 1 is 1.14 bits per heavy atom. The lowest BCUT2D eigenvalue weighted by Crippen LogP contribution is -2.53. The molecule has 1 aromatic carbocycles. The number of hydrogen-bond acceptors (Lipinski definition) is 5. The van der Waals surface area contributed by atoms with Crippen LogP contribution in [0.4, 0.5) is 10.5 Å². The van der Waals surface area contributed by atoms with Gasteiger partial charge in [0.05, 0.1) is 19.8 Å². The van der Waals surface area contributed by atoms with Gasteiger partial charge in [0.2, 0.25) is 5.91 Å². The average molecular weight is 408 g/mol. The molecule has 2 amide bonds. The molecule has 3 saturated heterocycles. The first-order chi connectivity index (χ1) is 13.5. The van der Waals surface area contributed by atoms with E-state index >= 15 is 0 Å². The second kappa shape index (κ2) is 7.89. The molecule has 8 heteroatoms. The SMILES string of the molecule is CC(=O)N1CCC(N2CCOCC3(CN(c4ccc(Cl)cc4)C(=O)O3)C2)CC1. The number of likely N-dealkylation sites (tertiary alicyclic amines) is 1. The predicted molar refractivity (Wildman–Crippen MR) is 106 cm³/mol. The van der Waals surface area contributed by atoms with Gasteiger partial charge in [0.1, 0.15) is 0 Å². The number of piperidine rings is 1. The number of hydrogen-bond donors (Lipinski definition) is 0. The Hall–Kier alpha value is -1.83. The molecule has 3 heterocycles. The van der Waals surface area contributed by atoms with Gasteiger partial charge < -0.3 is 14.4 Å². The van der Waals surface area contributed by atoms with Gasteiger partial charge in [-0.1, -0.05) is 11.6 Å². The molecule has 1 atom stereocenters. The normalized spacial score (nSPS) is 27.1. The summed E-state index contributed by atoms with van der Waals surface area (Å²) in [6.45, 7) is 6.11. The number of rotatable bonds is 2. The lowest BCUT2D eigenvalue weighted by atomic mass is 9.99. The predicted octanol–water partition coefficient (Wildman–Crippen LogP) is 2.38. The lowest BCUT2D eigenvalue weighted by Gasteiger charge is -2.39. The molecule has 0 aliphatic carbocycles. The first-order valence-corrected chi connectivity index (χ1v) is 10.2. The molecule has 1 unspecified atom stereocenters. The van der Waals surface area contributed by atoms with E-state index in [1.54, 1.807) is 24.0 Å². The average Bonchev–Trinajstić information content (AvgIpc) is 2.87. The molecular weight excluding hydrogens is 382 g/mol. The van der Waals surface area contributed by atoms with Gasteiger partial charge in [-0.3, -0.25) is 14.6 Å². The summed E-state index contributed by atoms with van der Waals surface area (Å²) >= 11 is 5.97. The van der Waals surface area contributed by atoms with E-state index in [1.807, 2.05) is 17.0 Å². The van der Waals surface area contributed by atoms with E-state index in [1.165, 1.54) is 0 Å². The standard InChI is InChI=1S/C20H26ClN3O4/c1-15(25)22-8-6-17(7-9-22)23-10-11-27-14-20(12-23)13-24(19(26)28-20)18-4-2-16(21)3-5-18/h2-5,17H,6-14H2,1H3. The number of amides is 2. The van der Waals surface area contributed by atoms with Gasteiger partial charge in [-0.25, -0.2) is 4.79 Å².